The summed E-state index contributed by atoms with van der Waals surface area (Å²) >= 11 is 0. The molecule has 0 radical (unpaired) electrons. The monoisotopic (exact) mass is 578 g/mol. The van der Waals surface area contributed by atoms with E-state index in [2.05, 4.69) is 17.4 Å². The number of piperidine rings is 1. The van der Waals surface area contributed by atoms with Gasteiger partial charge in [-0.1, -0.05) is 24.3 Å². The number of ether oxygens (including phenoxy) is 4. The molecule has 10 nitrogen and oxygen atoms in total. The van der Waals surface area contributed by atoms with Crippen LogP contribution >= 0.6 is 0 Å². The zero-order valence-corrected chi connectivity index (χ0v) is 24.1. The molecule has 2 heterocycles. The van der Waals surface area contributed by atoms with E-state index in [0.717, 1.165) is 5.56 Å². The molecule has 2 amide bonds. The molecule has 3 fully saturated rings. The fourth-order valence-electron chi connectivity index (χ4n) is 5.54. The van der Waals surface area contributed by atoms with Crippen molar-refractivity contribution in [1.82, 2.24) is 10.2 Å². The first-order chi connectivity index (χ1) is 20.3. The minimum absolute atomic E-state index is 0.0456. The van der Waals surface area contributed by atoms with Crippen LogP contribution < -0.4 is 10.1 Å². The van der Waals surface area contributed by atoms with Crippen LogP contribution in [0.15, 0.2) is 48.5 Å². The van der Waals surface area contributed by atoms with Gasteiger partial charge in [0.15, 0.2) is 0 Å². The number of nitrogens with zero attached hydrogens (tertiary/aromatic N) is 1. The molecule has 0 spiro atoms. The summed E-state index contributed by atoms with van der Waals surface area (Å²) in [6.45, 7) is 2.81. The Hall–Kier alpha value is -3.92. The Kier molecular flexibility index (Phi) is 9.41. The van der Waals surface area contributed by atoms with E-state index in [0.29, 0.717) is 43.2 Å². The zero-order chi connectivity index (χ0) is 29.6. The lowest BCUT2D eigenvalue weighted by Gasteiger charge is -2.33. The SMILES string of the molecule is COCC(=O)N[C@@H](C)[C@H](Oc1ccc(C(=O)O[C@H]2CCCN(C(=O)[C@H]3COC(=O)C3)C2)cc1)c1ccc(C2CC2)cc1. The molecule has 2 aromatic rings. The lowest BCUT2D eigenvalue weighted by molar-refractivity contribution is -0.139. The topological polar surface area (TPSA) is 120 Å². The van der Waals surface area contributed by atoms with E-state index in [-0.39, 0.29) is 43.5 Å². The van der Waals surface area contributed by atoms with Gasteiger partial charge in [-0.15, -0.1) is 0 Å². The maximum absolute atomic E-state index is 12.9. The summed E-state index contributed by atoms with van der Waals surface area (Å²) < 4.78 is 22.0. The first kappa shape index (κ1) is 29.6. The molecule has 2 aromatic carbocycles. The Balaban J connectivity index is 1.20. The van der Waals surface area contributed by atoms with Gasteiger partial charge in [0.25, 0.3) is 0 Å². The van der Waals surface area contributed by atoms with Crippen LogP contribution in [0.4, 0.5) is 0 Å². The second-order valence-corrected chi connectivity index (χ2v) is 11.3. The highest BCUT2D eigenvalue weighted by atomic mass is 16.5. The molecule has 1 aliphatic carbocycles. The number of likely N-dealkylation sites (tertiary alicyclic amines) is 1. The number of cyclic esters (lactones) is 1. The van der Waals surface area contributed by atoms with Gasteiger partial charge in [-0.25, -0.2) is 4.79 Å². The third-order valence-electron chi connectivity index (χ3n) is 7.96. The van der Waals surface area contributed by atoms with Crippen molar-refractivity contribution in [1.29, 1.82) is 0 Å². The van der Waals surface area contributed by atoms with Gasteiger partial charge in [0.2, 0.25) is 11.8 Å². The molecule has 2 aliphatic heterocycles. The molecule has 224 valence electrons. The molecule has 0 unspecified atom stereocenters. The van der Waals surface area contributed by atoms with Crippen LogP contribution in [-0.2, 0) is 28.6 Å². The predicted octanol–water partition coefficient (Wildman–Crippen LogP) is 3.55. The van der Waals surface area contributed by atoms with Gasteiger partial charge < -0.3 is 29.2 Å². The van der Waals surface area contributed by atoms with Gasteiger partial charge >= 0.3 is 11.9 Å². The molecule has 10 heteroatoms. The van der Waals surface area contributed by atoms with Crippen LogP contribution in [0.1, 0.15) is 72.5 Å². The molecule has 42 heavy (non-hydrogen) atoms. The van der Waals surface area contributed by atoms with Gasteiger partial charge in [0, 0.05) is 13.7 Å². The van der Waals surface area contributed by atoms with Crippen molar-refractivity contribution in [3.63, 3.8) is 0 Å². The van der Waals surface area contributed by atoms with Crippen LogP contribution in [-0.4, -0.2) is 74.2 Å². The van der Waals surface area contributed by atoms with Crippen molar-refractivity contribution in [3.8, 4) is 5.75 Å². The number of rotatable bonds is 11. The first-order valence-corrected chi connectivity index (χ1v) is 14.6. The Morgan fingerprint density at radius 1 is 1.05 bits per heavy atom. The summed E-state index contributed by atoms with van der Waals surface area (Å²) in [7, 11) is 1.47. The van der Waals surface area contributed by atoms with Crippen LogP contribution in [0.25, 0.3) is 0 Å². The van der Waals surface area contributed by atoms with Crippen molar-refractivity contribution >= 4 is 23.8 Å². The summed E-state index contributed by atoms with van der Waals surface area (Å²) in [5, 5.41) is 2.94. The summed E-state index contributed by atoms with van der Waals surface area (Å²) in [4.78, 5) is 51.0. The molecule has 5 rings (SSSR count). The van der Waals surface area contributed by atoms with Gasteiger partial charge in [0.1, 0.15) is 31.2 Å². The predicted molar refractivity (Wildman–Crippen MR) is 152 cm³/mol. The highest BCUT2D eigenvalue weighted by Gasteiger charge is 2.36. The number of carbonyl (C=O) groups excluding carboxylic acids is 4. The quantitative estimate of drug-likeness (QED) is 0.402. The number of hydrogen-bond acceptors (Lipinski definition) is 8. The number of methoxy groups -OCH3 is 1. The Bertz CT molecular complexity index is 1270. The maximum Gasteiger partial charge on any atom is 0.338 e. The van der Waals surface area contributed by atoms with Crippen LogP contribution in [0.2, 0.25) is 0 Å². The third kappa shape index (κ3) is 7.47. The second kappa shape index (κ2) is 13.4. The van der Waals surface area contributed by atoms with Crippen molar-refractivity contribution < 1.29 is 38.1 Å². The van der Waals surface area contributed by atoms with Crippen molar-refractivity contribution in [3.05, 3.63) is 65.2 Å². The van der Waals surface area contributed by atoms with Gasteiger partial charge in [0.05, 0.1) is 30.5 Å². The number of hydrogen-bond donors (Lipinski definition) is 1. The standard InChI is InChI=1S/C32H38N2O8/c1-20(33-28(35)19-39-2)30(23-9-7-22(8-10-23)21-5-6-21)41-26-13-11-24(12-14-26)32(38)42-27-4-3-15-34(17-27)31(37)25-16-29(36)40-18-25/h7-14,20-21,25,27,30H,3-6,15-19H2,1-2H3,(H,33,35)/t20-,25+,27-,30-/m0/s1. The number of amides is 2. The van der Waals surface area contributed by atoms with Gasteiger partial charge in [-0.2, -0.15) is 0 Å². The van der Waals surface area contributed by atoms with Crippen molar-refractivity contribution in [2.24, 2.45) is 5.92 Å². The fraction of sp³-hybridized carbons (Fsp3) is 0.500. The highest BCUT2D eigenvalue weighted by molar-refractivity contribution is 5.90. The minimum Gasteiger partial charge on any atom is -0.484 e. The summed E-state index contributed by atoms with van der Waals surface area (Å²) in [6.07, 6.45) is 3.00. The Labute approximate surface area is 245 Å². The molecule has 2 saturated heterocycles. The van der Waals surface area contributed by atoms with E-state index in [9.17, 15) is 19.2 Å². The molecule has 1 saturated carbocycles. The number of nitrogens with one attached hydrogen (secondary N) is 1. The Morgan fingerprint density at radius 2 is 1.79 bits per heavy atom. The summed E-state index contributed by atoms with van der Waals surface area (Å²) in [6, 6.07) is 14.7. The fourth-order valence-corrected chi connectivity index (χ4v) is 5.54. The average molecular weight is 579 g/mol. The molecule has 0 aromatic heterocycles. The summed E-state index contributed by atoms with van der Waals surface area (Å²) in [5.74, 6) is -0.494. The normalized spacial score (nSPS) is 21.7. The molecular formula is C32H38N2O8. The first-order valence-electron chi connectivity index (χ1n) is 14.6. The second-order valence-electron chi connectivity index (χ2n) is 11.3. The molecule has 4 atom stereocenters. The van der Waals surface area contributed by atoms with E-state index < -0.39 is 24.1 Å². The molecular weight excluding hydrogens is 540 g/mol. The van der Waals surface area contributed by atoms with E-state index in [4.69, 9.17) is 18.9 Å². The third-order valence-corrected chi connectivity index (χ3v) is 7.96. The van der Waals surface area contributed by atoms with Crippen molar-refractivity contribution in [2.45, 2.75) is 63.2 Å². The number of esters is 2. The zero-order valence-electron chi connectivity index (χ0n) is 24.1. The smallest absolute Gasteiger partial charge is 0.338 e. The summed E-state index contributed by atoms with van der Waals surface area (Å²) in [5.41, 5.74) is 2.61. The average Bonchev–Trinajstić information content (AvgIpc) is 3.75. The lowest BCUT2D eigenvalue weighted by Crippen LogP contribution is -2.46. The van der Waals surface area contributed by atoms with Crippen LogP contribution in [0.5, 0.6) is 5.75 Å². The van der Waals surface area contributed by atoms with E-state index in [1.54, 1.807) is 29.2 Å². The van der Waals surface area contributed by atoms with E-state index in [1.807, 2.05) is 19.1 Å². The minimum atomic E-state index is -0.479. The number of carbonyl (C=O) groups is 4. The van der Waals surface area contributed by atoms with Crippen molar-refractivity contribution in [2.75, 3.05) is 33.4 Å². The molecule has 3 aliphatic rings. The molecule has 1 N–H and O–H groups in total. The lowest BCUT2D eigenvalue weighted by atomic mass is 10.00. The largest absolute Gasteiger partial charge is 0.484 e. The Morgan fingerprint density at radius 3 is 2.43 bits per heavy atom. The van der Waals surface area contributed by atoms with Crippen LogP contribution in [0.3, 0.4) is 0 Å². The maximum atomic E-state index is 12.9. The molecule has 0 bridgehead atoms. The highest BCUT2D eigenvalue weighted by Crippen LogP contribution is 2.40. The van der Waals surface area contributed by atoms with Gasteiger partial charge in [-0.3, -0.25) is 14.4 Å². The van der Waals surface area contributed by atoms with E-state index in [1.165, 1.54) is 25.5 Å². The number of benzene rings is 2. The van der Waals surface area contributed by atoms with E-state index >= 15 is 0 Å². The van der Waals surface area contributed by atoms with Gasteiger partial charge in [-0.05, 0) is 73.9 Å². The van der Waals surface area contributed by atoms with Crippen LogP contribution in [0, 0.1) is 5.92 Å².